The Balaban J connectivity index is 1.57. The van der Waals surface area contributed by atoms with Crippen molar-refractivity contribution in [1.82, 2.24) is 15.4 Å². The van der Waals surface area contributed by atoms with E-state index in [0.717, 1.165) is 6.08 Å². The molecule has 0 bridgehead atoms. The van der Waals surface area contributed by atoms with Gasteiger partial charge in [-0.15, -0.1) is 0 Å². The molecule has 0 aliphatic carbocycles. The van der Waals surface area contributed by atoms with Gasteiger partial charge >= 0.3 is 0 Å². The normalized spacial score (nSPS) is 17.6. The average molecular weight is 406 g/mol. The number of rotatable bonds is 7. The van der Waals surface area contributed by atoms with Gasteiger partial charge in [0.05, 0.1) is 6.54 Å². The zero-order valence-electron chi connectivity index (χ0n) is 15.5. The van der Waals surface area contributed by atoms with Gasteiger partial charge in [-0.2, -0.15) is 8.78 Å². The van der Waals surface area contributed by atoms with Gasteiger partial charge in [0.15, 0.2) is 11.6 Å². The van der Waals surface area contributed by atoms with Crippen molar-refractivity contribution in [3.8, 4) is 0 Å². The Labute approximate surface area is 166 Å². The van der Waals surface area contributed by atoms with Gasteiger partial charge < -0.3 is 5.32 Å². The second kappa shape index (κ2) is 9.06. The first-order valence-electron chi connectivity index (χ1n) is 9.07. The molecule has 1 aliphatic heterocycles. The van der Waals surface area contributed by atoms with E-state index in [2.05, 4.69) is 10.3 Å². The van der Waals surface area contributed by atoms with E-state index >= 15 is 0 Å². The molecule has 0 spiro atoms. The fraction of sp³-hybridized carbons (Fsp3) is 0.300. The van der Waals surface area contributed by atoms with E-state index in [1.54, 1.807) is 23.1 Å². The number of anilines is 1. The van der Waals surface area contributed by atoms with Crippen LogP contribution >= 0.6 is 0 Å². The second-order valence-electron chi connectivity index (χ2n) is 6.84. The number of nitrogens with one attached hydrogen (secondary N) is 2. The third-order valence-electron chi connectivity index (χ3n) is 4.63. The van der Waals surface area contributed by atoms with Crippen LogP contribution in [0.25, 0.3) is 6.08 Å². The van der Waals surface area contributed by atoms with Gasteiger partial charge in [0.25, 0.3) is 11.8 Å². The number of benzene rings is 1. The number of likely N-dealkylation sites (tertiary alicyclic amines) is 1. The predicted octanol–water partition coefficient (Wildman–Crippen LogP) is 3.02. The first-order chi connectivity index (χ1) is 13.9. The zero-order valence-corrected chi connectivity index (χ0v) is 15.5. The van der Waals surface area contributed by atoms with Crippen LogP contribution < -0.4 is 10.8 Å². The Hall–Kier alpha value is -2.91. The van der Waals surface area contributed by atoms with Gasteiger partial charge in [-0.05, 0) is 24.1 Å². The molecule has 2 heterocycles. The number of pyridine rings is 1. The largest absolute Gasteiger partial charge is 0.364 e. The fourth-order valence-corrected chi connectivity index (χ4v) is 3.20. The van der Waals surface area contributed by atoms with Crippen LogP contribution in [0.5, 0.6) is 0 Å². The Morgan fingerprint density at radius 2 is 2.10 bits per heavy atom. The highest BCUT2D eigenvalue weighted by atomic mass is 19.3. The molecule has 1 saturated heterocycles. The SMILES string of the molecule is O=C(C=Cc1cnc(N[C@@H]2CCN(CC(F)(F)c3ccccc3)C2)c(F)c1)NO. The summed E-state index contributed by atoms with van der Waals surface area (Å²) >= 11 is 0. The minimum Gasteiger partial charge on any atom is -0.364 e. The molecular formula is C20H21F3N4O2. The summed E-state index contributed by atoms with van der Waals surface area (Å²) < 4.78 is 43.1. The standard InChI is InChI=1S/C20H21F3N4O2/c21-17-10-14(6-7-18(28)26-29)11-24-19(17)25-16-8-9-27(12-16)13-20(22,23)15-4-2-1-3-5-15/h1-7,10-11,16,29H,8-9,12-13H2,(H,24,25)(H,26,28)/t16-/m1/s1. The molecule has 9 heteroatoms. The number of hydroxylamine groups is 1. The lowest BCUT2D eigenvalue weighted by molar-refractivity contribution is -0.124. The van der Waals surface area contributed by atoms with Gasteiger partial charge in [0, 0.05) is 37.0 Å². The van der Waals surface area contributed by atoms with Crippen LogP contribution in [0.2, 0.25) is 0 Å². The first-order valence-corrected chi connectivity index (χ1v) is 9.07. The van der Waals surface area contributed by atoms with Crippen molar-refractivity contribution in [1.29, 1.82) is 0 Å². The number of hydrogen-bond acceptors (Lipinski definition) is 5. The zero-order chi connectivity index (χ0) is 20.9. The van der Waals surface area contributed by atoms with Crippen LogP contribution in [0, 0.1) is 5.82 Å². The maximum absolute atomic E-state index is 14.4. The van der Waals surface area contributed by atoms with Gasteiger partial charge in [0.1, 0.15) is 0 Å². The van der Waals surface area contributed by atoms with Crippen molar-refractivity contribution < 1.29 is 23.2 Å². The highest BCUT2D eigenvalue weighted by molar-refractivity contribution is 5.90. The number of carbonyl (C=O) groups excluding carboxylic acids is 1. The van der Waals surface area contributed by atoms with Crippen molar-refractivity contribution in [2.24, 2.45) is 0 Å². The molecule has 1 aromatic carbocycles. The van der Waals surface area contributed by atoms with Crippen LogP contribution in [0.15, 0.2) is 48.7 Å². The van der Waals surface area contributed by atoms with Gasteiger partial charge in [-0.3, -0.25) is 14.9 Å². The van der Waals surface area contributed by atoms with Gasteiger partial charge in [-0.25, -0.2) is 14.9 Å². The Bertz CT molecular complexity index is 877. The minimum atomic E-state index is -2.96. The number of carbonyl (C=O) groups is 1. The van der Waals surface area contributed by atoms with Crippen LogP contribution in [-0.4, -0.2) is 46.7 Å². The molecule has 2 aromatic rings. The average Bonchev–Trinajstić information content (AvgIpc) is 3.14. The van der Waals surface area contributed by atoms with Crippen molar-refractivity contribution in [2.75, 3.05) is 25.0 Å². The fourth-order valence-electron chi connectivity index (χ4n) is 3.20. The Morgan fingerprint density at radius 3 is 2.79 bits per heavy atom. The molecule has 6 nitrogen and oxygen atoms in total. The van der Waals surface area contributed by atoms with Crippen molar-refractivity contribution in [3.63, 3.8) is 0 Å². The minimum absolute atomic E-state index is 0.0235. The molecule has 29 heavy (non-hydrogen) atoms. The number of alkyl halides is 2. The molecule has 1 aromatic heterocycles. The second-order valence-corrected chi connectivity index (χ2v) is 6.84. The summed E-state index contributed by atoms with van der Waals surface area (Å²) in [6.07, 6.45) is 4.28. The van der Waals surface area contributed by atoms with Crippen LogP contribution in [0.1, 0.15) is 17.5 Å². The van der Waals surface area contributed by atoms with Crippen LogP contribution in [0.3, 0.4) is 0 Å². The summed E-state index contributed by atoms with van der Waals surface area (Å²) in [6.45, 7) is 0.419. The summed E-state index contributed by atoms with van der Waals surface area (Å²) in [5.41, 5.74) is 1.74. The summed E-state index contributed by atoms with van der Waals surface area (Å²) in [5.74, 6) is -4.31. The number of aromatic nitrogens is 1. The quantitative estimate of drug-likeness (QED) is 0.374. The lowest BCUT2D eigenvalue weighted by Gasteiger charge is -2.24. The molecule has 3 N–H and O–H groups in total. The molecule has 1 fully saturated rings. The van der Waals surface area contributed by atoms with Crippen LogP contribution in [-0.2, 0) is 10.7 Å². The van der Waals surface area contributed by atoms with E-state index in [1.165, 1.54) is 36.0 Å². The highest BCUT2D eigenvalue weighted by Gasteiger charge is 2.36. The smallest absolute Gasteiger partial charge is 0.285 e. The Kier molecular flexibility index (Phi) is 6.50. The third-order valence-corrected chi connectivity index (χ3v) is 4.63. The topological polar surface area (TPSA) is 77.5 Å². The summed E-state index contributed by atoms with van der Waals surface area (Å²) in [7, 11) is 0. The van der Waals surface area contributed by atoms with Crippen molar-refractivity contribution in [2.45, 2.75) is 18.4 Å². The Morgan fingerprint density at radius 1 is 1.34 bits per heavy atom. The maximum atomic E-state index is 14.4. The maximum Gasteiger partial charge on any atom is 0.285 e. The molecule has 154 valence electrons. The summed E-state index contributed by atoms with van der Waals surface area (Å²) in [4.78, 5) is 16.6. The van der Waals surface area contributed by atoms with E-state index in [1.807, 2.05) is 0 Å². The van der Waals surface area contributed by atoms with Gasteiger partial charge in [-0.1, -0.05) is 30.3 Å². The summed E-state index contributed by atoms with van der Waals surface area (Å²) in [5, 5.41) is 11.4. The molecule has 0 radical (unpaired) electrons. The van der Waals surface area contributed by atoms with Crippen LogP contribution in [0.4, 0.5) is 19.0 Å². The molecule has 0 unspecified atom stereocenters. The van der Waals surface area contributed by atoms with Crippen molar-refractivity contribution >= 4 is 17.8 Å². The lowest BCUT2D eigenvalue weighted by Crippen LogP contribution is -2.35. The lowest BCUT2D eigenvalue weighted by atomic mass is 10.1. The number of nitrogens with zero attached hydrogens (tertiary/aromatic N) is 2. The summed E-state index contributed by atoms with van der Waals surface area (Å²) in [6, 6.07) is 8.66. The molecule has 1 aliphatic rings. The third kappa shape index (κ3) is 5.55. The predicted molar refractivity (Wildman–Crippen MR) is 102 cm³/mol. The monoisotopic (exact) mass is 406 g/mol. The molecule has 1 atom stereocenters. The van der Waals surface area contributed by atoms with E-state index < -0.39 is 24.2 Å². The van der Waals surface area contributed by atoms with E-state index in [0.29, 0.717) is 25.1 Å². The van der Waals surface area contributed by atoms with E-state index in [9.17, 15) is 18.0 Å². The molecule has 3 rings (SSSR count). The first kappa shape index (κ1) is 20.8. The number of halogens is 3. The van der Waals surface area contributed by atoms with E-state index in [-0.39, 0.29) is 17.4 Å². The molecule has 1 amide bonds. The van der Waals surface area contributed by atoms with Crippen molar-refractivity contribution in [3.05, 3.63) is 65.6 Å². The highest BCUT2D eigenvalue weighted by Crippen LogP contribution is 2.30. The molecular weight excluding hydrogens is 385 g/mol. The number of hydrogen-bond donors (Lipinski definition) is 3. The van der Waals surface area contributed by atoms with Gasteiger partial charge in [0.2, 0.25) is 0 Å². The number of amides is 1. The van der Waals surface area contributed by atoms with E-state index in [4.69, 9.17) is 5.21 Å². The molecule has 0 saturated carbocycles.